The summed E-state index contributed by atoms with van der Waals surface area (Å²) in [6, 6.07) is 17.0. The molecule has 3 nitrogen and oxygen atoms in total. The molecule has 0 radical (unpaired) electrons. The van der Waals surface area contributed by atoms with Crippen LogP contribution in [0.25, 0.3) is 0 Å². The monoisotopic (exact) mass is 457 g/mol. The number of halogens is 1. The number of aromatic nitrogens is 1. The summed E-state index contributed by atoms with van der Waals surface area (Å²) in [4.78, 5) is 8.05. The Morgan fingerprint density at radius 3 is 2.56 bits per heavy atom. The number of thiophene rings is 1. The lowest BCUT2D eigenvalue weighted by Crippen LogP contribution is -2.29. The fourth-order valence-corrected chi connectivity index (χ4v) is 5.34. The number of pyridine rings is 1. The van der Waals surface area contributed by atoms with E-state index in [1.165, 1.54) is 10.4 Å². The number of hydrogen-bond donors (Lipinski definition) is 1. The first-order valence-corrected chi connectivity index (χ1v) is 11.0. The van der Waals surface area contributed by atoms with Crippen LogP contribution in [-0.2, 0) is 0 Å². The number of thiocarbonyl (C=S) groups is 1. The fourth-order valence-electron chi connectivity index (χ4n) is 3.43. The molecule has 3 aromatic rings. The Hall–Kier alpha value is -1.76. The number of nitrogens with one attached hydrogen (secondary N) is 1. The van der Waals surface area contributed by atoms with E-state index in [1.54, 1.807) is 11.3 Å². The molecule has 1 aromatic carbocycles. The van der Waals surface area contributed by atoms with Gasteiger partial charge in [0, 0.05) is 26.6 Å². The molecule has 27 heavy (non-hydrogen) atoms. The lowest BCUT2D eigenvalue weighted by Gasteiger charge is -2.27. The summed E-state index contributed by atoms with van der Waals surface area (Å²) in [6.45, 7) is 4.42. The van der Waals surface area contributed by atoms with E-state index in [2.05, 4.69) is 86.8 Å². The molecule has 0 bridgehead atoms. The smallest absolute Gasteiger partial charge is 0.174 e. The molecule has 2 atom stereocenters. The normalized spacial score (nSPS) is 19.6. The zero-order valence-electron chi connectivity index (χ0n) is 15.1. The van der Waals surface area contributed by atoms with Gasteiger partial charge < -0.3 is 10.2 Å². The van der Waals surface area contributed by atoms with Gasteiger partial charge in [0.25, 0.3) is 0 Å². The van der Waals surface area contributed by atoms with Crippen LogP contribution in [-0.4, -0.2) is 10.1 Å². The first-order valence-electron chi connectivity index (χ1n) is 8.89. The van der Waals surface area contributed by atoms with Gasteiger partial charge in [-0.2, -0.15) is 0 Å². The van der Waals surface area contributed by atoms with Crippen molar-refractivity contribution in [2.75, 3.05) is 4.90 Å². The van der Waals surface area contributed by atoms with E-state index in [-0.39, 0.29) is 12.1 Å². The maximum atomic E-state index is 5.75. The SMILES string of the molecule is CC(C)c1ccc(N2C(=S)N[C@H](c3ccccn3)[C@@H]2c2cc(Br)cs2)cc1. The average molecular weight is 458 g/mol. The molecule has 6 heteroatoms. The van der Waals surface area contributed by atoms with Crippen LogP contribution in [0.15, 0.2) is 64.6 Å². The predicted octanol–water partition coefficient (Wildman–Crippen LogP) is 6.21. The van der Waals surface area contributed by atoms with E-state index >= 15 is 0 Å². The van der Waals surface area contributed by atoms with E-state index in [1.807, 2.05) is 18.3 Å². The van der Waals surface area contributed by atoms with E-state index in [0.29, 0.717) is 5.92 Å². The molecule has 1 N–H and O–H groups in total. The molecule has 0 aliphatic carbocycles. The third-order valence-corrected chi connectivity index (χ3v) is 6.89. The molecule has 1 aliphatic rings. The summed E-state index contributed by atoms with van der Waals surface area (Å²) in [5.41, 5.74) is 3.43. The highest BCUT2D eigenvalue weighted by molar-refractivity contribution is 9.10. The summed E-state index contributed by atoms with van der Waals surface area (Å²) in [7, 11) is 0. The van der Waals surface area contributed by atoms with Gasteiger partial charge in [-0.15, -0.1) is 11.3 Å². The third kappa shape index (κ3) is 3.66. The minimum absolute atomic E-state index is 0.00836. The number of hydrogen-bond acceptors (Lipinski definition) is 3. The Bertz CT molecular complexity index is 938. The van der Waals surface area contributed by atoms with Crippen molar-refractivity contribution < 1.29 is 0 Å². The summed E-state index contributed by atoms with van der Waals surface area (Å²) < 4.78 is 1.09. The first-order chi connectivity index (χ1) is 13.0. The number of rotatable bonds is 4. The zero-order chi connectivity index (χ0) is 19.0. The van der Waals surface area contributed by atoms with Crippen molar-refractivity contribution in [3.05, 3.63) is 80.7 Å². The zero-order valence-corrected chi connectivity index (χ0v) is 18.3. The van der Waals surface area contributed by atoms with Crippen molar-refractivity contribution in [3.63, 3.8) is 0 Å². The van der Waals surface area contributed by atoms with Crippen LogP contribution in [0.3, 0.4) is 0 Å². The number of nitrogens with zero attached hydrogens (tertiary/aromatic N) is 2. The lowest BCUT2D eigenvalue weighted by atomic mass is 10.0. The maximum absolute atomic E-state index is 5.75. The molecule has 1 saturated heterocycles. The second-order valence-corrected chi connectivity index (χ2v) is 9.16. The quantitative estimate of drug-likeness (QED) is 0.471. The van der Waals surface area contributed by atoms with Gasteiger partial charge in [0.05, 0.1) is 17.8 Å². The van der Waals surface area contributed by atoms with E-state index in [0.717, 1.165) is 21.0 Å². The van der Waals surface area contributed by atoms with Crippen molar-refractivity contribution in [3.8, 4) is 0 Å². The highest BCUT2D eigenvalue weighted by Crippen LogP contribution is 2.44. The van der Waals surface area contributed by atoms with Crippen LogP contribution in [0.2, 0.25) is 0 Å². The van der Waals surface area contributed by atoms with Gasteiger partial charge in [-0.1, -0.05) is 32.0 Å². The Morgan fingerprint density at radius 2 is 1.96 bits per heavy atom. The topological polar surface area (TPSA) is 28.2 Å². The highest BCUT2D eigenvalue weighted by Gasteiger charge is 2.41. The van der Waals surface area contributed by atoms with Crippen molar-refractivity contribution >= 4 is 50.3 Å². The van der Waals surface area contributed by atoms with Crippen LogP contribution in [0.5, 0.6) is 0 Å². The molecule has 0 spiro atoms. The van der Waals surface area contributed by atoms with Crippen LogP contribution in [0.4, 0.5) is 5.69 Å². The largest absolute Gasteiger partial charge is 0.351 e. The van der Waals surface area contributed by atoms with Gasteiger partial charge in [0.2, 0.25) is 0 Å². The minimum Gasteiger partial charge on any atom is -0.351 e. The van der Waals surface area contributed by atoms with Crippen molar-refractivity contribution in [2.45, 2.75) is 31.8 Å². The maximum Gasteiger partial charge on any atom is 0.174 e. The molecule has 3 heterocycles. The average Bonchev–Trinajstić information content (AvgIpc) is 3.25. The lowest BCUT2D eigenvalue weighted by molar-refractivity contribution is 0.575. The molecular weight excluding hydrogens is 438 g/mol. The van der Waals surface area contributed by atoms with Crippen LogP contribution < -0.4 is 10.2 Å². The van der Waals surface area contributed by atoms with Crippen LogP contribution >= 0.6 is 39.5 Å². The molecule has 0 amide bonds. The van der Waals surface area contributed by atoms with Gasteiger partial charge in [-0.25, -0.2) is 0 Å². The van der Waals surface area contributed by atoms with Gasteiger partial charge in [0.15, 0.2) is 5.11 Å². The Balaban J connectivity index is 1.78. The van der Waals surface area contributed by atoms with Crippen molar-refractivity contribution in [1.29, 1.82) is 0 Å². The van der Waals surface area contributed by atoms with E-state index < -0.39 is 0 Å². The Labute approximate surface area is 177 Å². The summed E-state index contributed by atoms with van der Waals surface area (Å²) >= 11 is 11.1. The molecule has 4 rings (SSSR count). The fraction of sp³-hybridized carbons (Fsp3) is 0.238. The summed E-state index contributed by atoms with van der Waals surface area (Å²) in [5, 5.41) is 6.35. The number of anilines is 1. The van der Waals surface area contributed by atoms with Gasteiger partial charge in [0.1, 0.15) is 0 Å². The molecule has 0 saturated carbocycles. The summed E-state index contributed by atoms with van der Waals surface area (Å²) in [6.07, 6.45) is 1.83. The van der Waals surface area contributed by atoms with Crippen LogP contribution in [0, 0.1) is 0 Å². The third-order valence-electron chi connectivity index (χ3n) is 4.82. The van der Waals surface area contributed by atoms with Crippen LogP contribution in [0.1, 0.15) is 48.0 Å². The van der Waals surface area contributed by atoms with Gasteiger partial charge >= 0.3 is 0 Å². The summed E-state index contributed by atoms with van der Waals surface area (Å²) in [5.74, 6) is 0.507. The molecule has 1 fully saturated rings. The molecule has 0 unspecified atom stereocenters. The Morgan fingerprint density at radius 1 is 1.19 bits per heavy atom. The van der Waals surface area contributed by atoms with Crippen molar-refractivity contribution in [2.24, 2.45) is 0 Å². The molecular formula is C21H20BrN3S2. The van der Waals surface area contributed by atoms with Gasteiger partial charge in [-0.05, 0) is 70.0 Å². The Kier molecular flexibility index (Phi) is 5.30. The standard InChI is InChI=1S/C21H20BrN3S2/c1-13(2)14-6-8-16(9-7-14)25-20(18-11-15(22)12-27-18)19(24-21(25)26)17-5-3-4-10-23-17/h3-13,19-20H,1-2H3,(H,24,26)/t19-,20+/m1/s1. The van der Waals surface area contributed by atoms with E-state index in [9.17, 15) is 0 Å². The van der Waals surface area contributed by atoms with Crippen molar-refractivity contribution in [1.82, 2.24) is 10.3 Å². The second kappa shape index (κ2) is 7.70. The number of benzene rings is 1. The molecule has 2 aromatic heterocycles. The van der Waals surface area contributed by atoms with E-state index in [4.69, 9.17) is 12.2 Å². The minimum atomic E-state index is 0.00836. The van der Waals surface area contributed by atoms with Gasteiger partial charge in [-0.3, -0.25) is 4.98 Å². The second-order valence-electron chi connectivity index (χ2n) is 6.91. The predicted molar refractivity (Wildman–Crippen MR) is 120 cm³/mol. The highest BCUT2D eigenvalue weighted by atomic mass is 79.9. The molecule has 1 aliphatic heterocycles. The molecule has 138 valence electrons. The first kappa shape index (κ1) is 18.6.